The van der Waals surface area contributed by atoms with Crippen molar-refractivity contribution in [3.05, 3.63) is 42.1 Å². The molecule has 124 valence electrons. The van der Waals surface area contributed by atoms with Crippen molar-refractivity contribution in [1.82, 2.24) is 4.98 Å². The molecular weight excluding hydrogens is 304 g/mol. The van der Waals surface area contributed by atoms with E-state index in [4.69, 9.17) is 4.74 Å². The van der Waals surface area contributed by atoms with Crippen LogP contribution in [0.3, 0.4) is 0 Å². The van der Waals surface area contributed by atoms with Crippen LogP contribution in [0.4, 0.5) is 22.9 Å². The number of carbonyl (C=O) groups excluding carboxylic acids is 1. The molecule has 2 aliphatic heterocycles. The van der Waals surface area contributed by atoms with Crippen LogP contribution in [-0.2, 0) is 16.1 Å². The van der Waals surface area contributed by atoms with Crippen LogP contribution in [0.25, 0.3) is 0 Å². The normalized spacial score (nSPS) is 16.7. The van der Waals surface area contributed by atoms with Crippen LogP contribution in [0, 0.1) is 0 Å². The Morgan fingerprint density at radius 2 is 2.08 bits per heavy atom. The van der Waals surface area contributed by atoms with Gasteiger partial charge < -0.3 is 19.9 Å². The Labute approximate surface area is 141 Å². The largest absolute Gasteiger partial charge is 0.378 e. The molecule has 6 heteroatoms. The van der Waals surface area contributed by atoms with Gasteiger partial charge >= 0.3 is 0 Å². The molecule has 0 spiro atoms. The van der Waals surface area contributed by atoms with E-state index in [1.165, 1.54) is 0 Å². The van der Waals surface area contributed by atoms with Crippen LogP contribution >= 0.6 is 0 Å². The fraction of sp³-hybridized carbons (Fsp3) is 0.333. The number of anilines is 4. The minimum atomic E-state index is 0.0221. The predicted octanol–water partition coefficient (Wildman–Crippen LogP) is 2.53. The summed E-state index contributed by atoms with van der Waals surface area (Å²) in [5, 5.41) is 3.37. The standard InChI is InChI=1S/C18H20N4O2/c1-13(23)22-12-14-3-2-6-19-18(14)20-16-5-4-15(11-17(16)22)21-7-9-24-10-8-21/h2-6,11H,7-10,12H2,1H3,(H,19,20). The molecule has 6 nitrogen and oxygen atoms in total. The van der Waals surface area contributed by atoms with Gasteiger partial charge in [0.2, 0.25) is 5.91 Å². The van der Waals surface area contributed by atoms with Crippen LogP contribution < -0.4 is 15.1 Å². The number of carbonyl (C=O) groups is 1. The van der Waals surface area contributed by atoms with Crippen molar-refractivity contribution in [2.24, 2.45) is 0 Å². The smallest absolute Gasteiger partial charge is 0.224 e. The van der Waals surface area contributed by atoms with Crippen molar-refractivity contribution in [3.8, 4) is 0 Å². The number of amides is 1. The Morgan fingerprint density at radius 3 is 2.88 bits per heavy atom. The molecule has 2 aromatic rings. The number of benzene rings is 1. The molecule has 1 saturated heterocycles. The maximum absolute atomic E-state index is 12.3. The Kier molecular flexibility index (Phi) is 3.82. The van der Waals surface area contributed by atoms with Gasteiger partial charge in [-0.05, 0) is 24.3 Å². The Bertz CT molecular complexity index is 771. The fourth-order valence-electron chi connectivity index (χ4n) is 3.21. The average molecular weight is 324 g/mol. The lowest BCUT2D eigenvalue weighted by Crippen LogP contribution is -2.36. The summed E-state index contributed by atoms with van der Waals surface area (Å²) in [6.45, 7) is 5.34. The quantitative estimate of drug-likeness (QED) is 0.873. The summed E-state index contributed by atoms with van der Waals surface area (Å²) >= 11 is 0. The van der Waals surface area contributed by atoms with Crippen LogP contribution in [0.5, 0.6) is 0 Å². The Hall–Kier alpha value is -2.60. The molecule has 3 heterocycles. The highest BCUT2D eigenvalue weighted by Crippen LogP contribution is 2.37. The minimum absolute atomic E-state index is 0.0221. The van der Waals surface area contributed by atoms with Crippen molar-refractivity contribution in [1.29, 1.82) is 0 Å². The summed E-state index contributed by atoms with van der Waals surface area (Å²) < 4.78 is 5.43. The first-order valence-electron chi connectivity index (χ1n) is 8.18. The Balaban J connectivity index is 1.76. The number of hydrogen-bond acceptors (Lipinski definition) is 5. The van der Waals surface area contributed by atoms with Gasteiger partial charge in [0.05, 0.1) is 31.1 Å². The summed E-state index contributed by atoms with van der Waals surface area (Å²) in [4.78, 5) is 20.8. The van der Waals surface area contributed by atoms with Crippen LogP contribution in [0.1, 0.15) is 12.5 Å². The van der Waals surface area contributed by atoms with Gasteiger partial charge in [-0.25, -0.2) is 4.98 Å². The number of nitrogens with one attached hydrogen (secondary N) is 1. The first kappa shape index (κ1) is 15.0. The molecule has 0 atom stereocenters. The number of morpholine rings is 1. The molecular formula is C18H20N4O2. The molecule has 1 aromatic heterocycles. The molecule has 1 aromatic carbocycles. The highest BCUT2D eigenvalue weighted by molar-refractivity contribution is 5.97. The highest BCUT2D eigenvalue weighted by Gasteiger charge is 2.23. The number of ether oxygens (including phenoxy) is 1. The summed E-state index contributed by atoms with van der Waals surface area (Å²) in [5.74, 6) is 0.829. The van der Waals surface area contributed by atoms with Gasteiger partial charge in [0.25, 0.3) is 0 Å². The minimum Gasteiger partial charge on any atom is -0.378 e. The van der Waals surface area contributed by atoms with E-state index in [2.05, 4.69) is 27.3 Å². The monoisotopic (exact) mass is 324 g/mol. The summed E-state index contributed by atoms with van der Waals surface area (Å²) in [5.41, 5.74) is 3.92. The zero-order chi connectivity index (χ0) is 16.5. The maximum atomic E-state index is 12.3. The molecule has 24 heavy (non-hydrogen) atoms. The zero-order valence-corrected chi connectivity index (χ0v) is 13.7. The molecule has 1 amide bonds. The van der Waals surface area contributed by atoms with E-state index in [1.54, 1.807) is 18.0 Å². The fourth-order valence-corrected chi connectivity index (χ4v) is 3.21. The molecule has 2 aliphatic rings. The molecule has 1 fully saturated rings. The van der Waals surface area contributed by atoms with Crippen molar-refractivity contribution < 1.29 is 9.53 Å². The van der Waals surface area contributed by atoms with Gasteiger partial charge in [-0.2, -0.15) is 0 Å². The lowest BCUT2D eigenvalue weighted by Gasteiger charge is -2.30. The molecule has 0 unspecified atom stereocenters. The van der Waals surface area contributed by atoms with Gasteiger partial charge in [-0.1, -0.05) is 6.07 Å². The van der Waals surface area contributed by atoms with Gasteiger partial charge in [0.1, 0.15) is 5.82 Å². The average Bonchev–Trinajstić information content (AvgIpc) is 2.78. The summed E-state index contributed by atoms with van der Waals surface area (Å²) in [6.07, 6.45) is 1.76. The molecule has 0 bridgehead atoms. The highest BCUT2D eigenvalue weighted by atomic mass is 16.5. The van der Waals surface area contributed by atoms with Gasteiger partial charge in [-0.3, -0.25) is 4.79 Å². The predicted molar refractivity (Wildman–Crippen MR) is 93.9 cm³/mol. The van der Waals surface area contributed by atoms with Crippen molar-refractivity contribution >= 4 is 28.8 Å². The molecule has 4 rings (SSSR count). The number of nitrogens with zero attached hydrogens (tertiary/aromatic N) is 3. The third-order valence-corrected chi connectivity index (χ3v) is 4.50. The van der Waals surface area contributed by atoms with E-state index in [0.29, 0.717) is 6.54 Å². The van der Waals surface area contributed by atoms with Crippen LogP contribution in [0.2, 0.25) is 0 Å². The Morgan fingerprint density at radius 1 is 1.25 bits per heavy atom. The molecule has 0 aliphatic carbocycles. The third-order valence-electron chi connectivity index (χ3n) is 4.50. The molecule has 1 N–H and O–H groups in total. The number of aromatic nitrogens is 1. The van der Waals surface area contributed by atoms with Crippen molar-refractivity contribution in [2.75, 3.05) is 41.4 Å². The molecule has 0 radical (unpaired) electrons. The second-order valence-electron chi connectivity index (χ2n) is 6.04. The van der Waals surface area contributed by atoms with Gasteiger partial charge in [-0.15, -0.1) is 0 Å². The number of rotatable bonds is 1. The first-order chi connectivity index (χ1) is 11.7. The van der Waals surface area contributed by atoms with E-state index < -0.39 is 0 Å². The SMILES string of the molecule is CC(=O)N1Cc2cccnc2Nc2ccc(N3CCOCC3)cc21. The van der Waals surface area contributed by atoms with E-state index in [9.17, 15) is 4.79 Å². The topological polar surface area (TPSA) is 57.7 Å². The second kappa shape index (κ2) is 6.13. The van der Waals surface area contributed by atoms with Crippen LogP contribution in [0.15, 0.2) is 36.5 Å². The van der Waals surface area contributed by atoms with Gasteiger partial charge in [0.15, 0.2) is 0 Å². The van der Waals surface area contributed by atoms with Gasteiger partial charge in [0, 0.05) is 37.5 Å². The van der Waals surface area contributed by atoms with E-state index in [-0.39, 0.29) is 5.91 Å². The lowest BCUT2D eigenvalue weighted by atomic mass is 10.2. The molecule has 0 saturated carbocycles. The summed E-state index contributed by atoms with van der Waals surface area (Å²) in [6, 6.07) is 10.1. The maximum Gasteiger partial charge on any atom is 0.224 e. The van der Waals surface area contributed by atoms with E-state index in [0.717, 1.165) is 54.7 Å². The van der Waals surface area contributed by atoms with Crippen molar-refractivity contribution in [3.63, 3.8) is 0 Å². The number of hydrogen-bond donors (Lipinski definition) is 1. The lowest BCUT2D eigenvalue weighted by molar-refractivity contribution is -0.116. The van der Waals surface area contributed by atoms with Crippen molar-refractivity contribution in [2.45, 2.75) is 13.5 Å². The zero-order valence-electron chi connectivity index (χ0n) is 13.7. The number of fused-ring (bicyclic) bond motifs is 2. The third kappa shape index (κ3) is 2.69. The summed E-state index contributed by atoms with van der Waals surface area (Å²) in [7, 11) is 0. The van der Waals surface area contributed by atoms with E-state index >= 15 is 0 Å². The first-order valence-corrected chi connectivity index (χ1v) is 8.18. The second-order valence-corrected chi connectivity index (χ2v) is 6.04. The van der Waals surface area contributed by atoms with E-state index in [1.807, 2.05) is 18.2 Å². The van der Waals surface area contributed by atoms with Crippen LogP contribution in [-0.4, -0.2) is 37.2 Å². The number of pyridine rings is 1.